The quantitative estimate of drug-likeness (QED) is 0.783. The van der Waals surface area contributed by atoms with Gasteiger partial charge in [-0.05, 0) is 30.5 Å². The molecule has 1 aromatic heterocycles. The van der Waals surface area contributed by atoms with Crippen molar-refractivity contribution in [1.29, 1.82) is 0 Å². The highest BCUT2D eigenvalue weighted by molar-refractivity contribution is 5.77. The molecule has 1 aliphatic heterocycles. The summed E-state index contributed by atoms with van der Waals surface area (Å²) in [5.41, 5.74) is 1.24. The zero-order valence-electron chi connectivity index (χ0n) is 13.6. The van der Waals surface area contributed by atoms with E-state index in [1.165, 1.54) is 5.56 Å². The Balaban J connectivity index is 1.86. The molecule has 22 heavy (non-hydrogen) atoms. The number of nitrogens with zero attached hydrogens (tertiary/aromatic N) is 3. The Kier molecular flexibility index (Phi) is 6.15. The first kappa shape index (κ1) is 16.7. The molecule has 1 aliphatic rings. The molecule has 6 heteroatoms. The molecule has 1 amide bonds. The molecule has 1 atom stereocenters. The van der Waals surface area contributed by atoms with E-state index in [1.807, 2.05) is 36.2 Å². The third-order valence-electron chi connectivity index (χ3n) is 3.78. The predicted octanol–water partition coefficient (Wildman–Crippen LogP) is 0.954. The number of carbonyl (C=O) groups excluding carboxylic acids is 1. The highest BCUT2D eigenvalue weighted by Gasteiger charge is 2.23. The summed E-state index contributed by atoms with van der Waals surface area (Å²) in [6, 6.07) is 4.13. The summed E-state index contributed by atoms with van der Waals surface area (Å²) < 4.78 is 10.7. The van der Waals surface area contributed by atoms with Crippen LogP contribution in [-0.4, -0.2) is 69.4 Å². The van der Waals surface area contributed by atoms with E-state index in [-0.39, 0.29) is 18.6 Å². The standard InChI is InChI=1S/C16H25N3O3/c1-18(2)15-10-13(6-7-17-15)4-5-14-11-19(8-9-22-14)16(20)12-21-3/h6-7,10,14H,4-5,8-9,11-12H2,1-3H3. The van der Waals surface area contributed by atoms with Crippen LogP contribution in [0.4, 0.5) is 5.82 Å². The number of hydrogen-bond acceptors (Lipinski definition) is 5. The van der Waals surface area contributed by atoms with Gasteiger partial charge in [-0.1, -0.05) is 0 Å². The first-order valence-corrected chi connectivity index (χ1v) is 7.60. The second-order valence-corrected chi connectivity index (χ2v) is 5.72. The number of anilines is 1. The lowest BCUT2D eigenvalue weighted by molar-refractivity contribution is -0.142. The topological polar surface area (TPSA) is 54.9 Å². The van der Waals surface area contributed by atoms with Crippen molar-refractivity contribution in [2.45, 2.75) is 18.9 Å². The summed E-state index contributed by atoms with van der Waals surface area (Å²) in [6.07, 6.45) is 3.74. The normalized spacial score (nSPS) is 18.3. The van der Waals surface area contributed by atoms with Crippen molar-refractivity contribution >= 4 is 11.7 Å². The molecule has 0 N–H and O–H groups in total. The average Bonchev–Trinajstić information content (AvgIpc) is 2.54. The minimum absolute atomic E-state index is 0.0367. The van der Waals surface area contributed by atoms with Gasteiger partial charge in [-0.15, -0.1) is 0 Å². The highest BCUT2D eigenvalue weighted by atomic mass is 16.5. The first-order valence-electron chi connectivity index (χ1n) is 7.60. The number of morpholine rings is 1. The molecule has 0 aromatic carbocycles. The largest absolute Gasteiger partial charge is 0.375 e. The number of aromatic nitrogens is 1. The van der Waals surface area contributed by atoms with Crippen molar-refractivity contribution in [2.24, 2.45) is 0 Å². The zero-order chi connectivity index (χ0) is 15.9. The van der Waals surface area contributed by atoms with Gasteiger partial charge in [0, 0.05) is 40.5 Å². The number of rotatable bonds is 6. The third kappa shape index (κ3) is 4.68. The third-order valence-corrected chi connectivity index (χ3v) is 3.78. The maximum atomic E-state index is 11.9. The van der Waals surface area contributed by atoms with Crippen LogP contribution in [0.15, 0.2) is 18.3 Å². The lowest BCUT2D eigenvalue weighted by Crippen LogP contribution is -2.47. The van der Waals surface area contributed by atoms with Gasteiger partial charge in [0.2, 0.25) is 5.91 Å². The first-order chi connectivity index (χ1) is 10.6. The van der Waals surface area contributed by atoms with Crippen LogP contribution in [0.5, 0.6) is 0 Å². The Morgan fingerprint density at radius 1 is 1.55 bits per heavy atom. The van der Waals surface area contributed by atoms with Gasteiger partial charge in [-0.2, -0.15) is 0 Å². The van der Waals surface area contributed by atoms with Gasteiger partial charge >= 0.3 is 0 Å². The van der Waals surface area contributed by atoms with E-state index < -0.39 is 0 Å². The van der Waals surface area contributed by atoms with Crippen molar-refractivity contribution in [3.05, 3.63) is 23.9 Å². The second-order valence-electron chi connectivity index (χ2n) is 5.72. The van der Waals surface area contributed by atoms with Crippen LogP contribution in [-0.2, 0) is 20.7 Å². The molecule has 0 bridgehead atoms. The predicted molar refractivity (Wildman–Crippen MR) is 85.1 cm³/mol. The van der Waals surface area contributed by atoms with Crippen LogP contribution >= 0.6 is 0 Å². The number of hydrogen-bond donors (Lipinski definition) is 0. The van der Waals surface area contributed by atoms with E-state index in [0.29, 0.717) is 19.7 Å². The van der Waals surface area contributed by atoms with Crippen molar-refractivity contribution in [3.63, 3.8) is 0 Å². The number of aryl methyl sites for hydroxylation is 1. The Labute approximate surface area is 132 Å². The van der Waals surface area contributed by atoms with Crippen LogP contribution in [0.2, 0.25) is 0 Å². The molecule has 0 spiro atoms. The van der Waals surface area contributed by atoms with Crippen molar-refractivity contribution < 1.29 is 14.3 Å². The lowest BCUT2D eigenvalue weighted by Gasteiger charge is -2.33. The van der Waals surface area contributed by atoms with Gasteiger partial charge < -0.3 is 19.3 Å². The summed E-state index contributed by atoms with van der Waals surface area (Å²) in [6.45, 7) is 2.04. The Morgan fingerprint density at radius 2 is 2.36 bits per heavy atom. The molecule has 0 radical (unpaired) electrons. The van der Waals surface area contributed by atoms with Gasteiger partial charge in [0.05, 0.1) is 12.7 Å². The maximum absolute atomic E-state index is 11.9. The number of carbonyl (C=O) groups is 1. The van der Waals surface area contributed by atoms with Crippen LogP contribution in [0, 0.1) is 0 Å². The molecular formula is C16H25N3O3. The number of amides is 1. The smallest absolute Gasteiger partial charge is 0.248 e. The molecule has 0 aliphatic carbocycles. The molecule has 2 heterocycles. The van der Waals surface area contributed by atoms with Crippen LogP contribution in [0.1, 0.15) is 12.0 Å². The fraction of sp³-hybridized carbons (Fsp3) is 0.625. The second kappa shape index (κ2) is 8.10. The maximum Gasteiger partial charge on any atom is 0.248 e. The molecule has 0 saturated carbocycles. The van der Waals surface area contributed by atoms with Crippen molar-refractivity contribution in [1.82, 2.24) is 9.88 Å². The van der Waals surface area contributed by atoms with E-state index in [4.69, 9.17) is 9.47 Å². The van der Waals surface area contributed by atoms with E-state index in [2.05, 4.69) is 11.1 Å². The summed E-state index contributed by atoms with van der Waals surface area (Å²) >= 11 is 0. The molecule has 2 rings (SSSR count). The molecule has 1 unspecified atom stereocenters. The van der Waals surface area contributed by atoms with Gasteiger partial charge in [-0.25, -0.2) is 4.98 Å². The average molecular weight is 307 g/mol. The summed E-state index contributed by atoms with van der Waals surface area (Å²) in [4.78, 5) is 20.0. The molecule has 1 aromatic rings. The van der Waals surface area contributed by atoms with Crippen molar-refractivity contribution in [3.8, 4) is 0 Å². The van der Waals surface area contributed by atoms with Gasteiger partial charge in [0.15, 0.2) is 0 Å². The Bertz CT molecular complexity index is 493. The number of ether oxygens (including phenoxy) is 2. The van der Waals surface area contributed by atoms with E-state index in [1.54, 1.807) is 7.11 Å². The minimum Gasteiger partial charge on any atom is -0.375 e. The Hall–Kier alpha value is -1.66. The van der Waals surface area contributed by atoms with Crippen LogP contribution in [0.25, 0.3) is 0 Å². The van der Waals surface area contributed by atoms with Gasteiger partial charge in [-0.3, -0.25) is 4.79 Å². The molecule has 1 fully saturated rings. The monoisotopic (exact) mass is 307 g/mol. The van der Waals surface area contributed by atoms with Crippen LogP contribution < -0.4 is 4.90 Å². The Morgan fingerprint density at radius 3 is 3.09 bits per heavy atom. The molecule has 1 saturated heterocycles. The van der Waals surface area contributed by atoms with Crippen LogP contribution in [0.3, 0.4) is 0 Å². The van der Waals surface area contributed by atoms with E-state index >= 15 is 0 Å². The fourth-order valence-electron chi connectivity index (χ4n) is 2.52. The fourth-order valence-corrected chi connectivity index (χ4v) is 2.52. The summed E-state index contributed by atoms with van der Waals surface area (Å²) in [5, 5.41) is 0. The number of pyridine rings is 1. The number of methoxy groups -OCH3 is 1. The molecule has 6 nitrogen and oxygen atoms in total. The lowest BCUT2D eigenvalue weighted by atomic mass is 10.1. The van der Waals surface area contributed by atoms with Crippen molar-refractivity contribution in [2.75, 3.05) is 52.4 Å². The van der Waals surface area contributed by atoms with E-state index in [0.717, 1.165) is 18.7 Å². The highest BCUT2D eigenvalue weighted by Crippen LogP contribution is 2.15. The molecular weight excluding hydrogens is 282 g/mol. The summed E-state index contributed by atoms with van der Waals surface area (Å²) in [7, 11) is 5.51. The van der Waals surface area contributed by atoms with E-state index in [9.17, 15) is 4.79 Å². The van der Waals surface area contributed by atoms with Gasteiger partial charge in [0.25, 0.3) is 0 Å². The SMILES string of the molecule is COCC(=O)N1CCOC(CCc2ccnc(N(C)C)c2)C1. The van der Waals surface area contributed by atoms with Gasteiger partial charge in [0.1, 0.15) is 12.4 Å². The zero-order valence-corrected chi connectivity index (χ0v) is 13.6. The molecule has 122 valence electrons. The minimum atomic E-state index is 0.0367. The summed E-state index contributed by atoms with van der Waals surface area (Å²) in [5.74, 6) is 0.994.